The van der Waals surface area contributed by atoms with Crippen LogP contribution in [0.15, 0.2) is 59.7 Å². The van der Waals surface area contributed by atoms with Crippen LogP contribution in [-0.4, -0.2) is 75.4 Å². The monoisotopic (exact) mass is 549 g/mol. The molecule has 3 aromatic rings. The van der Waals surface area contributed by atoms with Crippen LogP contribution in [0.1, 0.15) is 36.8 Å². The maximum Gasteiger partial charge on any atom is 0.408 e. The molecule has 212 valence electrons. The molecule has 3 heterocycles. The largest absolute Gasteiger partial charge is 0.444 e. The summed E-state index contributed by atoms with van der Waals surface area (Å²) >= 11 is 0. The standard InChI is InChI=1S/C28H35N7O5/c1-28(2,3)40-27(39)31-23(16-19-6-5-11-29-18-19)26(38)35-14-12-34(13-15-35)21-9-7-20(8-10-21)30-25(37)22-17-24(36)33(4)32-22/h5-11,17-18,23,32H,12-16H2,1-4H3,(H,30,37)(H,31,39)/t23-/m0/s1. The molecule has 0 spiro atoms. The Morgan fingerprint density at radius 3 is 2.35 bits per heavy atom. The molecule has 1 fully saturated rings. The average Bonchev–Trinajstić information content (AvgIpc) is 3.26. The third kappa shape index (κ3) is 7.49. The molecule has 0 saturated carbocycles. The number of ether oxygens (including phenoxy) is 1. The number of benzene rings is 1. The molecule has 0 unspecified atom stereocenters. The Balaban J connectivity index is 1.35. The van der Waals surface area contributed by atoms with Crippen molar-refractivity contribution in [3.63, 3.8) is 0 Å². The van der Waals surface area contributed by atoms with Crippen LogP contribution in [0.4, 0.5) is 16.2 Å². The van der Waals surface area contributed by atoms with E-state index >= 15 is 0 Å². The minimum Gasteiger partial charge on any atom is -0.444 e. The summed E-state index contributed by atoms with van der Waals surface area (Å²) in [6.45, 7) is 7.50. The highest BCUT2D eigenvalue weighted by atomic mass is 16.6. The van der Waals surface area contributed by atoms with E-state index in [1.54, 1.807) is 63.3 Å². The number of piperazine rings is 1. The number of H-pyrrole nitrogens is 1. The van der Waals surface area contributed by atoms with E-state index in [0.29, 0.717) is 38.3 Å². The van der Waals surface area contributed by atoms with E-state index in [-0.39, 0.29) is 17.2 Å². The van der Waals surface area contributed by atoms with Crippen LogP contribution in [0, 0.1) is 0 Å². The van der Waals surface area contributed by atoms with Crippen LogP contribution in [-0.2, 0) is 23.0 Å². The fourth-order valence-corrected chi connectivity index (χ4v) is 4.37. The van der Waals surface area contributed by atoms with Crippen molar-refractivity contribution in [3.8, 4) is 0 Å². The van der Waals surface area contributed by atoms with Crippen molar-refractivity contribution in [1.29, 1.82) is 0 Å². The number of anilines is 2. The summed E-state index contributed by atoms with van der Waals surface area (Å²) in [5.74, 6) is -0.579. The molecule has 1 saturated heterocycles. The fraction of sp³-hybridized carbons (Fsp3) is 0.393. The molecule has 4 rings (SSSR count). The van der Waals surface area contributed by atoms with Crippen LogP contribution >= 0.6 is 0 Å². The van der Waals surface area contributed by atoms with Gasteiger partial charge in [0.05, 0.1) is 0 Å². The number of aromatic nitrogens is 3. The first-order valence-electron chi connectivity index (χ1n) is 13.1. The summed E-state index contributed by atoms with van der Waals surface area (Å²) in [6.07, 6.45) is 3.00. The van der Waals surface area contributed by atoms with Gasteiger partial charge in [-0.1, -0.05) is 6.07 Å². The van der Waals surface area contributed by atoms with Crippen LogP contribution < -0.4 is 21.1 Å². The maximum absolute atomic E-state index is 13.5. The minimum atomic E-state index is -0.784. The Morgan fingerprint density at radius 1 is 1.07 bits per heavy atom. The molecule has 40 heavy (non-hydrogen) atoms. The van der Waals surface area contributed by atoms with Gasteiger partial charge in [-0.3, -0.25) is 29.1 Å². The molecular weight excluding hydrogens is 514 g/mol. The molecule has 3 N–H and O–H groups in total. The second-order valence-electron chi connectivity index (χ2n) is 10.6. The molecule has 1 atom stereocenters. The Morgan fingerprint density at radius 2 is 1.77 bits per heavy atom. The van der Waals surface area contributed by atoms with Crippen molar-refractivity contribution in [3.05, 3.63) is 76.5 Å². The first-order valence-corrected chi connectivity index (χ1v) is 13.1. The quantitative estimate of drug-likeness (QED) is 0.410. The van der Waals surface area contributed by atoms with Crippen LogP contribution in [0.25, 0.3) is 0 Å². The summed E-state index contributed by atoms with van der Waals surface area (Å²) < 4.78 is 6.63. The van der Waals surface area contributed by atoms with Crippen LogP contribution in [0.5, 0.6) is 0 Å². The van der Waals surface area contributed by atoms with E-state index in [2.05, 4.69) is 25.6 Å². The van der Waals surface area contributed by atoms with Crippen molar-refractivity contribution in [1.82, 2.24) is 25.0 Å². The van der Waals surface area contributed by atoms with E-state index < -0.39 is 23.6 Å². The third-order valence-corrected chi connectivity index (χ3v) is 6.36. The Bertz CT molecular complexity index is 1380. The van der Waals surface area contributed by atoms with E-state index in [0.717, 1.165) is 11.3 Å². The van der Waals surface area contributed by atoms with Gasteiger partial charge in [0.15, 0.2) is 0 Å². The predicted molar refractivity (Wildman–Crippen MR) is 150 cm³/mol. The summed E-state index contributed by atoms with van der Waals surface area (Å²) in [6, 6.07) is 11.5. The summed E-state index contributed by atoms with van der Waals surface area (Å²) in [7, 11) is 1.54. The van der Waals surface area contributed by atoms with Crippen molar-refractivity contribution in [2.24, 2.45) is 7.05 Å². The summed E-state index contributed by atoms with van der Waals surface area (Å²) in [5.41, 5.74) is 1.59. The molecule has 2 aromatic heterocycles. The van der Waals surface area contributed by atoms with Crippen molar-refractivity contribution < 1.29 is 19.1 Å². The molecule has 0 aliphatic carbocycles. The predicted octanol–water partition coefficient (Wildman–Crippen LogP) is 2.15. The zero-order chi connectivity index (χ0) is 28.9. The lowest BCUT2D eigenvalue weighted by Crippen LogP contribution is -2.56. The molecule has 3 amide bonds. The molecule has 1 aromatic carbocycles. The van der Waals surface area contributed by atoms with Crippen LogP contribution in [0.2, 0.25) is 0 Å². The van der Waals surface area contributed by atoms with E-state index in [9.17, 15) is 19.2 Å². The number of nitrogens with one attached hydrogen (secondary N) is 3. The fourth-order valence-electron chi connectivity index (χ4n) is 4.37. The van der Waals surface area contributed by atoms with Gasteiger partial charge in [0.25, 0.3) is 11.5 Å². The number of amides is 3. The van der Waals surface area contributed by atoms with Gasteiger partial charge in [0.2, 0.25) is 5.91 Å². The number of alkyl carbamates (subject to hydrolysis) is 1. The smallest absolute Gasteiger partial charge is 0.408 e. The van der Waals surface area contributed by atoms with Gasteiger partial charge < -0.3 is 25.2 Å². The molecule has 12 nitrogen and oxygen atoms in total. The Labute approximate surface area is 232 Å². The highest BCUT2D eigenvalue weighted by molar-refractivity contribution is 6.02. The average molecular weight is 550 g/mol. The molecule has 1 aliphatic heterocycles. The number of hydrogen-bond acceptors (Lipinski definition) is 7. The molecular formula is C28H35N7O5. The Hall–Kier alpha value is -4.61. The summed E-state index contributed by atoms with van der Waals surface area (Å²) in [5, 5.41) is 8.22. The van der Waals surface area contributed by atoms with Crippen molar-refractivity contribution >= 4 is 29.3 Å². The number of aryl methyl sites for hydroxylation is 1. The highest BCUT2D eigenvalue weighted by Gasteiger charge is 2.30. The summed E-state index contributed by atoms with van der Waals surface area (Å²) in [4.78, 5) is 58.0. The topological polar surface area (TPSA) is 142 Å². The van der Waals surface area contributed by atoms with Gasteiger partial charge in [0, 0.05) is 69.5 Å². The number of hydrogen-bond donors (Lipinski definition) is 3. The van der Waals surface area contributed by atoms with E-state index in [1.165, 1.54) is 10.7 Å². The van der Waals surface area contributed by atoms with E-state index in [4.69, 9.17) is 4.74 Å². The van der Waals surface area contributed by atoms with Crippen LogP contribution in [0.3, 0.4) is 0 Å². The van der Waals surface area contributed by atoms with Gasteiger partial charge in [-0.05, 0) is 56.7 Å². The van der Waals surface area contributed by atoms with Gasteiger partial charge in [-0.15, -0.1) is 0 Å². The second-order valence-corrected chi connectivity index (χ2v) is 10.6. The number of carbonyl (C=O) groups is 3. The van der Waals surface area contributed by atoms with Gasteiger partial charge in [-0.25, -0.2) is 4.79 Å². The number of nitrogens with zero attached hydrogens (tertiary/aromatic N) is 4. The zero-order valence-electron chi connectivity index (χ0n) is 23.1. The molecule has 0 bridgehead atoms. The highest BCUT2D eigenvalue weighted by Crippen LogP contribution is 2.20. The molecule has 1 aliphatic rings. The van der Waals surface area contributed by atoms with Crippen molar-refractivity contribution in [2.75, 3.05) is 36.4 Å². The lowest BCUT2D eigenvalue weighted by Gasteiger charge is -2.37. The van der Waals surface area contributed by atoms with E-state index in [1.807, 2.05) is 18.2 Å². The number of carbonyl (C=O) groups excluding carboxylic acids is 3. The second kappa shape index (κ2) is 12.1. The lowest BCUT2D eigenvalue weighted by molar-refractivity contribution is -0.133. The first kappa shape index (κ1) is 28.4. The first-order chi connectivity index (χ1) is 19.0. The molecule has 0 radical (unpaired) electrons. The third-order valence-electron chi connectivity index (χ3n) is 6.36. The normalized spacial score (nSPS) is 14.4. The van der Waals surface area contributed by atoms with Crippen molar-refractivity contribution in [2.45, 2.75) is 38.8 Å². The SMILES string of the molecule is Cn1[nH]c(C(=O)Nc2ccc(N3CCN(C(=O)[C@H](Cc4cccnc4)NC(=O)OC(C)(C)C)CC3)cc2)cc1=O. The number of rotatable bonds is 7. The molecule has 12 heteroatoms. The maximum atomic E-state index is 13.5. The minimum absolute atomic E-state index is 0.175. The zero-order valence-corrected chi connectivity index (χ0v) is 23.1. The Kier molecular flexibility index (Phi) is 8.56. The number of aromatic amines is 1. The van der Waals surface area contributed by atoms with Gasteiger partial charge >= 0.3 is 6.09 Å². The number of pyridine rings is 1. The van der Waals surface area contributed by atoms with Gasteiger partial charge in [0.1, 0.15) is 17.3 Å². The van der Waals surface area contributed by atoms with Gasteiger partial charge in [-0.2, -0.15) is 0 Å². The lowest BCUT2D eigenvalue weighted by atomic mass is 10.1.